The van der Waals surface area contributed by atoms with Gasteiger partial charge in [0.15, 0.2) is 23.9 Å². The van der Waals surface area contributed by atoms with E-state index in [1.54, 1.807) is 42.6 Å². The Hall–Kier alpha value is -4.90. The van der Waals surface area contributed by atoms with Gasteiger partial charge < -0.3 is 13.9 Å². The fraction of sp³-hybridized carbons (Fsp3) is 0.111. The van der Waals surface area contributed by atoms with E-state index in [9.17, 15) is 4.79 Å². The van der Waals surface area contributed by atoms with Crippen molar-refractivity contribution in [2.24, 2.45) is 5.10 Å². The minimum absolute atomic E-state index is 0.0908. The third kappa shape index (κ3) is 4.35. The maximum absolute atomic E-state index is 13.4. The number of furan rings is 1. The van der Waals surface area contributed by atoms with Gasteiger partial charge in [-0.15, -0.1) is 0 Å². The first kappa shape index (κ1) is 21.9. The van der Waals surface area contributed by atoms with Crippen LogP contribution in [0.5, 0.6) is 11.5 Å². The van der Waals surface area contributed by atoms with E-state index in [2.05, 4.69) is 10.1 Å². The molecule has 3 aromatic carbocycles. The van der Waals surface area contributed by atoms with Gasteiger partial charge in [-0.1, -0.05) is 30.3 Å². The lowest BCUT2D eigenvalue weighted by Gasteiger charge is -2.11. The van der Waals surface area contributed by atoms with E-state index in [1.165, 1.54) is 4.68 Å². The Bertz CT molecular complexity index is 1630. The molecule has 0 fully saturated rings. The molecular formula is C27H20N4O4. The van der Waals surface area contributed by atoms with Crippen LogP contribution in [0.15, 0.2) is 87.1 Å². The largest absolute Gasteiger partial charge is 0.490 e. The van der Waals surface area contributed by atoms with E-state index in [0.29, 0.717) is 51.7 Å². The van der Waals surface area contributed by atoms with Crippen LogP contribution in [-0.2, 0) is 0 Å². The molecule has 0 aliphatic carbocycles. The normalized spacial score (nSPS) is 11.2. The molecule has 2 heterocycles. The topological polar surface area (TPSA) is 103 Å². The van der Waals surface area contributed by atoms with E-state index in [-0.39, 0.29) is 12.2 Å². The number of benzene rings is 3. The summed E-state index contributed by atoms with van der Waals surface area (Å²) < 4.78 is 18.3. The zero-order valence-corrected chi connectivity index (χ0v) is 18.8. The zero-order chi connectivity index (χ0) is 24.2. The second-order valence-corrected chi connectivity index (χ2v) is 7.55. The van der Waals surface area contributed by atoms with Crippen molar-refractivity contribution >= 4 is 28.1 Å². The summed E-state index contributed by atoms with van der Waals surface area (Å²) in [7, 11) is 0. The first-order chi connectivity index (χ1) is 17.2. The molecule has 0 unspecified atom stereocenters. The number of rotatable bonds is 7. The van der Waals surface area contributed by atoms with Crippen LogP contribution in [-0.4, -0.2) is 29.1 Å². The Morgan fingerprint density at radius 2 is 1.89 bits per heavy atom. The molecule has 0 amide bonds. The van der Waals surface area contributed by atoms with Crippen LogP contribution in [0, 0.1) is 11.3 Å². The highest BCUT2D eigenvalue weighted by atomic mass is 16.5. The van der Waals surface area contributed by atoms with E-state index in [0.717, 1.165) is 5.39 Å². The van der Waals surface area contributed by atoms with Crippen molar-refractivity contribution in [3.8, 4) is 29.2 Å². The van der Waals surface area contributed by atoms with Crippen LogP contribution in [0.3, 0.4) is 0 Å². The first-order valence-electron chi connectivity index (χ1n) is 11.0. The average molecular weight is 464 g/mol. The summed E-state index contributed by atoms with van der Waals surface area (Å²) in [5, 5.41) is 14.6. The monoisotopic (exact) mass is 464 g/mol. The van der Waals surface area contributed by atoms with Crippen molar-refractivity contribution in [3.05, 3.63) is 88.7 Å². The van der Waals surface area contributed by atoms with Crippen molar-refractivity contribution in [1.29, 1.82) is 5.26 Å². The second kappa shape index (κ2) is 9.53. The molecule has 0 atom stereocenters. The highest BCUT2D eigenvalue weighted by Gasteiger charge is 2.16. The van der Waals surface area contributed by atoms with Gasteiger partial charge >= 0.3 is 0 Å². The van der Waals surface area contributed by atoms with E-state index in [4.69, 9.17) is 19.2 Å². The molecule has 0 aliphatic heterocycles. The number of nitrogens with zero attached hydrogens (tertiary/aromatic N) is 4. The summed E-state index contributed by atoms with van der Waals surface area (Å²) in [6.45, 7) is 2.19. The number of nitriles is 1. The fourth-order valence-corrected chi connectivity index (χ4v) is 3.71. The van der Waals surface area contributed by atoms with Crippen molar-refractivity contribution in [2.45, 2.75) is 6.92 Å². The first-order valence-corrected chi connectivity index (χ1v) is 11.0. The van der Waals surface area contributed by atoms with Gasteiger partial charge in [-0.3, -0.25) is 4.79 Å². The third-order valence-corrected chi connectivity index (χ3v) is 5.28. The third-order valence-electron chi connectivity index (χ3n) is 5.28. The summed E-state index contributed by atoms with van der Waals surface area (Å²) in [4.78, 5) is 18.1. The molecular weight excluding hydrogens is 444 g/mol. The molecule has 0 saturated heterocycles. The Balaban J connectivity index is 1.62. The van der Waals surface area contributed by atoms with Crippen LogP contribution < -0.4 is 15.0 Å². The average Bonchev–Trinajstić information content (AvgIpc) is 3.32. The summed E-state index contributed by atoms with van der Waals surface area (Å²) >= 11 is 0. The van der Waals surface area contributed by atoms with Gasteiger partial charge in [0.25, 0.3) is 5.56 Å². The van der Waals surface area contributed by atoms with Crippen molar-refractivity contribution in [1.82, 2.24) is 9.66 Å². The van der Waals surface area contributed by atoms with Crippen LogP contribution >= 0.6 is 0 Å². The quantitative estimate of drug-likeness (QED) is 0.314. The van der Waals surface area contributed by atoms with Gasteiger partial charge in [0.1, 0.15) is 11.7 Å². The fourth-order valence-electron chi connectivity index (χ4n) is 3.71. The van der Waals surface area contributed by atoms with Gasteiger partial charge in [0.2, 0.25) is 5.82 Å². The number of para-hydroxylation sites is 2. The molecule has 5 rings (SSSR count). The van der Waals surface area contributed by atoms with Gasteiger partial charge in [-0.2, -0.15) is 15.0 Å². The molecule has 8 nitrogen and oxygen atoms in total. The predicted octanol–water partition coefficient (Wildman–Crippen LogP) is 4.99. The Kier molecular flexibility index (Phi) is 5.97. The number of aromatic nitrogens is 2. The molecule has 5 aromatic rings. The van der Waals surface area contributed by atoms with Crippen LogP contribution in [0.2, 0.25) is 0 Å². The molecule has 172 valence electrons. The zero-order valence-electron chi connectivity index (χ0n) is 18.8. The molecule has 2 aromatic heterocycles. The number of ether oxygens (including phenoxy) is 2. The van der Waals surface area contributed by atoms with Crippen LogP contribution in [0.1, 0.15) is 12.5 Å². The lowest BCUT2D eigenvalue weighted by atomic mass is 10.2. The van der Waals surface area contributed by atoms with Gasteiger partial charge in [0, 0.05) is 5.39 Å². The minimum Gasteiger partial charge on any atom is -0.490 e. The summed E-state index contributed by atoms with van der Waals surface area (Å²) in [5.41, 5.74) is 1.60. The van der Waals surface area contributed by atoms with E-state index >= 15 is 0 Å². The molecule has 0 aliphatic rings. The Morgan fingerprint density at radius 3 is 2.71 bits per heavy atom. The predicted molar refractivity (Wildman–Crippen MR) is 133 cm³/mol. The lowest BCUT2D eigenvalue weighted by Crippen LogP contribution is -2.20. The SMILES string of the molecule is CCOc1cc(C=Nn2c(-c3cc4ccccc4o3)nc3ccccc3c2=O)ccc1OCC#N. The maximum Gasteiger partial charge on any atom is 0.282 e. The number of hydrogen-bond donors (Lipinski definition) is 0. The summed E-state index contributed by atoms with van der Waals surface area (Å²) in [6.07, 6.45) is 1.54. The molecule has 0 saturated carbocycles. The summed E-state index contributed by atoms with van der Waals surface area (Å²) in [6, 6.07) is 23.7. The maximum atomic E-state index is 13.4. The molecule has 0 radical (unpaired) electrons. The van der Waals surface area contributed by atoms with Crippen LogP contribution in [0.25, 0.3) is 33.5 Å². The van der Waals surface area contributed by atoms with Crippen molar-refractivity contribution in [2.75, 3.05) is 13.2 Å². The van der Waals surface area contributed by atoms with Gasteiger partial charge in [-0.25, -0.2) is 4.98 Å². The van der Waals surface area contributed by atoms with Crippen molar-refractivity contribution < 1.29 is 13.9 Å². The number of hydrogen-bond acceptors (Lipinski definition) is 7. The summed E-state index contributed by atoms with van der Waals surface area (Å²) in [5.74, 6) is 1.66. The molecule has 8 heteroatoms. The highest BCUT2D eigenvalue weighted by Crippen LogP contribution is 2.29. The van der Waals surface area contributed by atoms with Gasteiger partial charge in [-0.05, 0) is 55.0 Å². The molecule has 0 N–H and O–H groups in total. The Labute approximate surface area is 200 Å². The van der Waals surface area contributed by atoms with E-state index in [1.807, 2.05) is 49.4 Å². The smallest absolute Gasteiger partial charge is 0.282 e. The van der Waals surface area contributed by atoms with Gasteiger partial charge in [0.05, 0.1) is 23.7 Å². The minimum atomic E-state index is -0.318. The van der Waals surface area contributed by atoms with Crippen LogP contribution in [0.4, 0.5) is 0 Å². The Morgan fingerprint density at radius 1 is 1.06 bits per heavy atom. The molecule has 0 bridgehead atoms. The number of fused-ring (bicyclic) bond motifs is 2. The van der Waals surface area contributed by atoms with E-state index < -0.39 is 0 Å². The highest BCUT2D eigenvalue weighted by molar-refractivity contribution is 5.85. The lowest BCUT2D eigenvalue weighted by molar-refractivity contribution is 0.298. The molecule has 35 heavy (non-hydrogen) atoms. The van der Waals surface area contributed by atoms with Crippen molar-refractivity contribution in [3.63, 3.8) is 0 Å². The standard InChI is InChI=1S/C27H20N4O4/c1-2-33-24-15-18(11-12-23(24)34-14-13-28)17-29-31-26(25-16-19-7-3-6-10-22(19)35-25)30-21-9-5-4-8-20(21)27(31)32/h3-12,15-17H,2,14H2,1H3. The molecule has 0 spiro atoms. The second-order valence-electron chi connectivity index (χ2n) is 7.55.